The minimum absolute atomic E-state index is 0.00759. The molecule has 732 valence electrons. The van der Waals surface area contributed by atoms with Gasteiger partial charge in [-0.3, -0.25) is 4.90 Å². The van der Waals surface area contributed by atoms with Crippen molar-refractivity contribution in [1.29, 1.82) is 0 Å². The molecule has 4 saturated heterocycles. The number of fused-ring (bicyclic) bond motifs is 4. The van der Waals surface area contributed by atoms with Crippen molar-refractivity contribution in [3.05, 3.63) is 215 Å². The van der Waals surface area contributed by atoms with Crippen LogP contribution < -0.4 is 58.1 Å². The van der Waals surface area contributed by atoms with Crippen LogP contribution in [0.1, 0.15) is 226 Å². The van der Waals surface area contributed by atoms with E-state index >= 15 is 4.39 Å². The molecule has 0 spiro atoms. The standard InChI is InChI=1S/C31H43N5O.C29H39N5O.C27H33FN4O.C27H34N4O2/c1-6-18-34(3)24-12-13-27-26(22-24)29(33-30(32-27)31(16-17-31)35(4)19-7-2)36-20-14-23(15-21-36)25-10-8-9-11-28(25)37-5;1-29(14-15-29)28-30-25-11-10-22(33(4)19-18-32(2)3)20-24(25)27(31-28)34-16-12-21(13-17-34)23-8-6-7-9-26(23)35-5;1-4-15-31(2)20-9-10-23-22(18-20)25(30-26(29-23)27(28)13-14-27)32-16-11-19(12-17-32)21-7-5-6-8-24(21)33-3;1-27(12-13-27)26-28-23-9-8-20(30(2)16-17-32)18-22(23)25(29-26)31-14-10-19(11-15-31)21-6-4-5-7-24(21)33-3/h8-13,22-23H,6-7,14-21H2,1-5H3;6-11,20-21H,12-19H2,1-5H3;5-10,18-19H,4,11-17H2,1-3H3;4-9,18-19,32H,10-17H2,1-3H3. The Morgan fingerprint density at radius 3 is 0.877 bits per heavy atom. The fourth-order valence-corrected chi connectivity index (χ4v) is 21.2. The van der Waals surface area contributed by atoms with Gasteiger partial charge in [-0.25, -0.2) is 44.3 Å². The second-order valence-electron chi connectivity index (χ2n) is 41.1. The van der Waals surface area contributed by atoms with Gasteiger partial charge in [0.1, 0.15) is 57.9 Å². The number of benzene rings is 8. The van der Waals surface area contributed by atoms with E-state index in [9.17, 15) is 5.11 Å². The predicted octanol–water partition coefficient (Wildman–Crippen LogP) is 21.6. The maximum atomic E-state index is 15.0. The van der Waals surface area contributed by atoms with Gasteiger partial charge in [0.15, 0.2) is 17.3 Å². The Morgan fingerprint density at radius 2 is 0.601 bits per heavy atom. The normalized spacial score (nSPS) is 17.7. The van der Waals surface area contributed by atoms with Crippen molar-refractivity contribution in [2.45, 2.75) is 202 Å². The smallest absolute Gasteiger partial charge is 0.170 e. The summed E-state index contributed by atoms with van der Waals surface area (Å²) in [5.41, 5.74) is 12.8. The molecule has 12 aromatic rings. The van der Waals surface area contributed by atoms with Crippen molar-refractivity contribution in [3.63, 3.8) is 0 Å². The molecule has 20 rings (SSSR count). The highest BCUT2D eigenvalue weighted by atomic mass is 19.1. The van der Waals surface area contributed by atoms with Crippen LogP contribution in [0.4, 0.5) is 50.4 Å². The highest BCUT2D eigenvalue weighted by Crippen LogP contribution is 2.54. The van der Waals surface area contributed by atoms with Crippen LogP contribution in [0.2, 0.25) is 0 Å². The Morgan fingerprint density at radius 1 is 0.326 bits per heavy atom. The number of hydrogen-bond donors (Lipinski definition) is 1. The number of methoxy groups -OCH3 is 4. The molecule has 0 bridgehead atoms. The zero-order valence-corrected chi connectivity index (χ0v) is 85.0. The molecule has 8 aromatic carbocycles. The van der Waals surface area contributed by atoms with Gasteiger partial charge in [0.05, 0.1) is 62.7 Å². The second-order valence-corrected chi connectivity index (χ2v) is 41.1. The molecule has 8 fully saturated rings. The summed E-state index contributed by atoms with van der Waals surface area (Å²) in [6.45, 7) is 24.7. The molecular weight excluding hydrogens is 1720 g/mol. The lowest BCUT2D eigenvalue weighted by atomic mass is 9.88. The van der Waals surface area contributed by atoms with Crippen molar-refractivity contribution < 1.29 is 28.4 Å². The number of hydrogen-bond acceptors (Lipinski definition) is 23. The van der Waals surface area contributed by atoms with Crippen molar-refractivity contribution in [3.8, 4) is 23.0 Å². The van der Waals surface area contributed by atoms with Crippen molar-refractivity contribution in [2.24, 2.45) is 0 Å². The highest BCUT2D eigenvalue weighted by molar-refractivity contribution is 5.96. The maximum Gasteiger partial charge on any atom is 0.170 e. The molecule has 0 radical (unpaired) electrons. The van der Waals surface area contributed by atoms with Gasteiger partial charge in [0, 0.05) is 168 Å². The second kappa shape index (κ2) is 43.1. The number of halogens is 1. The fraction of sp³-hybridized carbons (Fsp3) is 0.509. The largest absolute Gasteiger partial charge is 0.496 e. The zero-order valence-electron chi connectivity index (χ0n) is 85.0. The topological polar surface area (TPSA) is 193 Å². The number of piperidine rings is 4. The van der Waals surface area contributed by atoms with Crippen molar-refractivity contribution >= 4 is 89.6 Å². The van der Waals surface area contributed by atoms with Crippen LogP contribution in [-0.2, 0) is 22.0 Å². The van der Waals surface area contributed by atoms with Gasteiger partial charge in [0.25, 0.3) is 0 Å². The zero-order chi connectivity index (χ0) is 96.6. The lowest BCUT2D eigenvalue weighted by Gasteiger charge is -2.35. The van der Waals surface area contributed by atoms with E-state index in [4.69, 9.17) is 53.8 Å². The molecule has 0 amide bonds. The molecule has 24 heteroatoms. The number of para-hydroxylation sites is 4. The van der Waals surface area contributed by atoms with E-state index in [1.54, 1.807) is 28.4 Å². The predicted molar refractivity (Wildman–Crippen MR) is 565 cm³/mol. The van der Waals surface area contributed by atoms with Gasteiger partial charge in [-0.2, -0.15) is 0 Å². The first kappa shape index (κ1) is 98.1. The molecule has 23 nitrogen and oxygen atoms in total. The summed E-state index contributed by atoms with van der Waals surface area (Å²) in [6.07, 6.45) is 19.9. The minimum Gasteiger partial charge on any atom is -0.496 e. The number of anilines is 8. The third kappa shape index (κ3) is 21.8. The number of aliphatic hydroxyl groups excluding tert-OH is 1. The number of alkyl halides is 1. The maximum absolute atomic E-state index is 15.0. The van der Waals surface area contributed by atoms with E-state index < -0.39 is 5.67 Å². The number of nitrogens with zero attached hydrogens (tertiary/aromatic N) is 18. The Balaban J connectivity index is 0.000000127. The summed E-state index contributed by atoms with van der Waals surface area (Å²) in [6, 6.07) is 59.8. The third-order valence-electron chi connectivity index (χ3n) is 30.9. The molecule has 8 heterocycles. The fourth-order valence-electron chi connectivity index (χ4n) is 21.2. The lowest BCUT2D eigenvalue weighted by Crippen LogP contribution is -2.36. The van der Waals surface area contributed by atoms with Crippen LogP contribution in [0.3, 0.4) is 0 Å². The number of aliphatic hydroxyl groups is 1. The van der Waals surface area contributed by atoms with Crippen LogP contribution >= 0.6 is 0 Å². The van der Waals surface area contributed by atoms with Gasteiger partial charge in [-0.1, -0.05) is 107 Å². The van der Waals surface area contributed by atoms with Crippen LogP contribution in [0.5, 0.6) is 23.0 Å². The van der Waals surface area contributed by atoms with Crippen LogP contribution in [0, 0.1) is 0 Å². The summed E-state index contributed by atoms with van der Waals surface area (Å²) in [7, 11) is 22.0. The van der Waals surface area contributed by atoms with Crippen LogP contribution in [0.15, 0.2) is 170 Å². The Labute approximate surface area is 818 Å². The first-order chi connectivity index (χ1) is 66.9. The quantitative estimate of drug-likeness (QED) is 0.0418. The van der Waals surface area contributed by atoms with Crippen molar-refractivity contribution in [2.75, 3.05) is 215 Å². The van der Waals surface area contributed by atoms with E-state index in [-0.39, 0.29) is 23.0 Å². The first-order valence-corrected chi connectivity index (χ1v) is 51.2. The number of aromatic nitrogens is 8. The monoisotopic (exact) mass is 1870 g/mol. The molecule has 8 aliphatic rings. The van der Waals surface area contributed by atoms with E-state index in [2.05, 4.69) is 276 Å². The summed E-state index contributed by atoms with van der Waals surface area (Å²) in [5, 5.41) is 13.8. The molecule has 0 unspecified atom stereocenters. The molecule has 1 N–H and O–H groups in total. The van der Waals surface area contributed by atoms with Crippen LogP contribution in [0.25, 0.3) is 43.6 Å². The molecule has 4 aliphatic carbocycles. The Hall–Kier alpha value is -11.5. The summed E-state index contributed by atoms with van der Waals surface area (Å²) >= 11 is 0. The van der Waals surface area contributed by atoms with E-state index in [1.165, 1.54) is 57.2 Å². The molecule has 0 atom stereocenters. The van der Waals surface area contributed by atoms with E-state index in [1.807, 2.05) is 31.3 Å². The Bertz CT molecular complexity index is 5970. The third-order valence-corrected chi connectivity index (χ3v) is 30.9. The molecule has 4 saturated carbocycles. The molecule has 138 heavy (non-hydrogen) atoms. The lowest BCUT2D eigenvalue weighted by molar-refractivity contribution is 0.213. The summed E-state index contributed by atoms with van der Waals surface area (Å²) < 4.78 is 37.6. The van der Waals surface area contributed by atoms with Gasteiger partial charge in [0.2, 0.25) is 0 Å². The van der Waals surface area contributed by atoms with E-state index in [0.717, 1.165) is 289 Å². The van der Waals surface area contributed by atoms with Gasteiger partial charge >= 0.3 is 0 Å². The van der Waals surface area contributed by atoms with Gasteiger partial charge < -0.3 is 68.2 Å². The van der Waals surface area contributed by atoms with Gasteiger partial charge in [-0.15, -0.1) is 0 Å². The summed E-state index contributed by atoms with van der Waals surface area (Å²) in [4.78, 5) is 63.9. The first-order valence-electron chi connectivity index (χ1n) is 51.2. The van der Waals surface area contributed by atoms with Crippen LogP contribution in [-0.4, -0.2) is 231 Å². The average Bonchev–Trinajstić information content (AvgIpc) is 1.57. The minimum atomic E-state index is -1.35. The Kier molecular flexibility index (Phi) is 30.7. The highest BCUT2D eigenvalue weighted by Gasteiger charge is 2.52. The summed E-state index contributed by atoms with van der Waals surface area (Å²) in [5.74, 6) is 13.5. The average molecular weight is 1870 g/mol. The molecule has 4 aromatic heterocycles. The SMILES string of the molecule is CCCN(C)c1ccc2nc(C3(F)CC3)nc(N3CCC(c4ccccc4OC)CC3)c2c1.CCCN(C)c1ccc2nc(C3(N(C)CCC)CC3)nc(N3CCC(c4ccccc4OC)CC3)c2c1.COc1ccccc1C1CCN(c2nc(C3(C)CC3)nc3ccc(N(C)CCN(C)C)cc23)CC1.COc1ccccc1C1CCN(c2nc(C3(C)CC3)nc3ccc(N(C)CCO)cc23)CC1. The molecule has 4 aliphatic heterocycles. The molecular formula is C114H149FN18O5. The number of rotatable bonds is 32. The number of likely N-dealkylation sites (N-methyl/N-ethyl adjacent to an activating group) is 3. The number of ether oxygens (including phenoxy) is 4. The van der Waals surface area contributed by atoms with E-state index in [0.29, 0.717) is 48.9 Å². The van der Waals surface area contributed by atoms with Crippen molar-refractivity contribution in [1.82, 2.24) is 49.7 Å². The van der Waals surface area contributed by atoms with Gasteiger partial charge in [-0.05, 0) is 293 Å².